The van der Waals surface area contributed by atoms with Crippen LogP contribution in [0, 0.1) is 5.41 Å². The minimum atomic E-state index is 0. The number of nitrogens with zero attached hydrogens (tertiary/aromatic N) is 2. The van der Waals surface area contributed by atoms with Crippen LogP contribution in [0.15, 0.2) is 4.99 Å². The van der Waals surface area contributed by atoms with Crippen LogP contribution in [0.4, 0.5) is 0 Å². The molecule has 0 aliphatic rings. The Morgan fingerprint density at radius 3 is 2.36 bits per heavy atom. The van der Waals surface area contributed by atoms with E-state index >= 15 is 0 Å². The molecule has 1 N–H and O–H groups in total. The molecule has 0 aromatic rings. The average molecular weight is 188 g/mol. The van der Waals surface area contributed by atoms with E-state index in [0.717, 1.165) is 19.5 Å². The van der Waals surface area contributed by atoms with Crippen LogP contribution in [-0.2, 0) is 0 Å². The van der Waals surface area contributed by atoms with Gasteiger partial charge in [-0.1, -0.05) is 0 Å². The Labute approximate surface area is 96.5 Å². The molecule has 0 aliphatic heterocycles. The van der Waals surface area contributed by atoms with E-state index < -0.39 is 0 Å². The summed E-state index contributed by atoms with van der Waals surface area (Å²) in [6.45, 7) is 1.76. The van der Waals surface area contributed by atoms with Gasteiger partial charge in [-0.05, 0) is 27.1 Å². The standard InChI is InChI=1S/C6H13N3.ClH.Na.H/c1-9(2)5-3-4-8-6-7;;;/h7H,3-5H2,1-2H3;1H;;. The summed E-state index contributed by atoms with van der Waals surface area (Å²) in [5.41, 5.74) is 0. The molecule has 0 atom stereocenters. The second-order valence-electron chi connectivity index (χ2n) is 2.15. The van der Waals surface area contributed by atoms with Gasteiger partial charge >= 0.3 is 29.6 Å². The topological polar surface area (TPSA) is 39.5 Å². The van der Waals surface area contributed by atoms with Gasteiger partial charge in [-0.25, -0.2) is 10.4 Å². The fraction of sp³-hybridized carbons (Fsp3) is 0.833. The molecule has 0 bridgehead atoms. The predicted octanol–water partition coefficient (Wildman–Crippen LogP) is 0.464. The SMILES string of the molecule is CN(C)CCCN=C=N.Cl.[NaH]. The molecular formula is C6H15ClN3Na. The number of nitrogens with one attached hydrogen (secondary N) is 1. The van der Waals surface area contributed by atoms with Gasteiger partial charge in [0, 0.05) is 0 Å². The molecule has 0 aromatic heterocycles. The van der Waals surface area contributed by atoms with Crippen molar-refractivity contribution in [1.29, 1.82) is 5.41 Å². The van der Waals surface area contributed by atoms with Gasteiger partial charge in [-0.2, -0.15) is 0 Å². The van der Waals surface area contributed by atoms with Crippen molar-refractivity contribution < 1.29 is 0 Å². The van der Waals surface area contributed by atoms with Gasteiger partial charge in [-0.3, -0.25) is 0 Å². The van der Waals surface area contributed by atoms with E-state index in [9.17, 15) is 0 Å². The Hall–Kier alpha value is 0.630. The fourth-order valence-electron chi connectivity index (χ4n) is 0.522. The number of hydrogen-bond acceptors (Lipinski definition) is 3. The van der Waals surface area contributed by atoms with Crippen molar-refractivity contribution in [3.8, 4) is 0 Å². The zero-order chi connectivity index (χ0) is 7.11. The number of aliphatic imine (C=N–C) groups is 1. The molecule has 0 aromatic carbocycles. The van der Waals surface area contributed by atoms with Crippen molar-refractivity contribution in [2.45, 2.75) is 6.42 Å². The molecule has 0 amide bonds. The van der Waals surface area contributed by atoms with E-state index in [4.69, 9.17) is 5.41 Å². The summed E-state index contributed by atoms with van der Waals surface area (Å²) >= 11 is 0. The van der Waals surface area contributed by atoms with Crippen molar-refractivity contribution in [2.24, 2.45) is 4.99 Å². The van der Waals surface area contributed by atoms with Crippen molar-refractivity contribution >= 4 is 48.0 Å². The molecule has 0 radical (unpaired) electrons. The molecular weight excluding hydrogens is 173 g/mol. The molecule has 0 fully saturated rings. The fourth-order valence-corrected chi connectivity index (χ4v) is 0.522. The monoisotopic (exact) mass is 187 g/mol. The third kappa shape index (κ3) is 18.0. The van der Waals surface area contributed by atoms with Crippen LogP contribution < -0.4 is 0 Å². The Balaban J connectivity index is -0.000000320. The first-order valence-corrected chi connectivity index (χ1v) is 3.00. The van der Waals surface area contributed by atoms with E-state index in [1.807, 2.05) is 20.1 Å². The van der Waals surface area contributed by atoms with Gasteiger partial charge in [-0.15, -0.1) is 12.4 Å². The molecule has 62 valence electrons. The predicted molar refractivity (Wildman–Crippen MR) is 52.6 cm³/mol. The van der Waals surface area contributed by atoms with E-state index in [0.29, 0.717) is 0 Å². The number of hydrogen-bond donors (Lipinski definition) is 1. The zero-order valence-corrected chi connectivity index (χ0v) is 7.24. The Morgan fingerprint density at radius 1 is 1.45 bits per heavy atom. The summed E-state index contributed by atoms with van der Waals surface area (Å²) in [5, 5.41) is 6.46. The number of halogens is 1. The Bertz CT molecular complexity index is 112. The summed E-state index contributed by atoms with van der Waals surface area (Å²) in [6.07, 6.45) is 1.01. The Morgan fingerprint density at radius 2 is 2.00 bits per heavy atom. The van der Waals surface area contributed by atoms with Crippen LogP contribution in [0.3, 0.4) is 0 Å². The number of rotatable bonds is 4. The third-order valence-electron chi connectivity index (χ3n) is 0.954. The van der Waals surface area contributed by atoms with Gasteiger partial charge in [0.25, 0.3) is 0 Å². The van der Waals surface area contributed by atoms with Crippen LogP contribution in [0.2, 0.25) is 0 Å². The molecule has 0 saturated heterocycles. The first-order chi connectivity index (χ1) is 4.27. The van der Waals surface area contributed by atoms with Crippen molar-refractivity contribution in [3.63, 3.8) is 0 Å². The summed E-state index contributed by atoms with van der Waals surface area (Å²) in [6, 6.07) is 2.00. The molecule has 0 heterocycles. The second-order valence-corrected chi connectivity index (χ2v) is 2.15. The van der Waals surface area contributed by atoms with Crippen molar-refractivity contribution in [1.82, 2.24) is 4.90 Å². The van der Waals surface area contributed by atoms with Gasteiger partial charge in [0.05, 0.1) is 12.6 Å². The molecule has 0 spiro atoms. The molecule has 0 rings (SSSR count). The van der Waals surface area contributed by atoms with Crippen LogP contribution in [0.25, 0.3) is 0 Å². The van der Waals surface area contributed by atoms with Crippen LogP contribution in [0.5, 0.6) is 0 Å². The summed E-state index contributed by atoms with van der Waals surface area (Å²) < 4.78 is 0. The van der Waals surface area contributed by atoms with Gasteiger partial charge < -0.3 is 4.90 Å². The third-order valence-corrected chi connectivity index (χ3v) is 0.954. The van der Waals surface area contributed by atoms with Crippen molar-refractivity contribution in [2.75, 3.05) is 27.2 Å². The van der Waals surface area contributed by atoms with E-state index in [-0.39, 0.29) is 42.0 Å². The molecule has 11 heavy (non-hydrogen) atoms. The van der Waals surface area contributed by atoms with E-state index in [2.05, 4.69) is 9.89 Å². The van der Waals surface area contributed by atoms with Gasteiger partial charge in [0.1, 0.15) is 0 Å². The van der Waals surface area contributed by atoms with Gasteiger partial charge in [0.2, 0.25) is 0 Å². The quantitative estimate of drug-likeness (QED) is 0.388. The minimum absolute atomic E-state index is 0. The zero-order valence-electron chi connectivity index (χ0n) is 6.42. The van der Waals surface area contributed by atoms with E-state index in [1.165, 1.54) is 0 Å². The second kappa shape index (κ2) is 13.2. The Kier molecular flexibility index (Phi) is 21.2. The molecule has 0 aliphatic carbocycles. The summed E-state index contributed by atoms with van der Waals surface area (Å²) in [4.78, 5) is 5.73. The average Bonchev–Trinajstić information content (AvgIpc) is 1.80. The maximum atomic E-state index is 6.46. The normalized spacial score (nSPS) is 7.55. The molecule has 3 nitrogen and oxygen atoms in total. The van der Waals surface area contributed by atoms with E-state index in [1.54, 1.807) is 0 Å². The van der Waals surface area contributed by atoms with Gasteiger partial charge in [0.15, 0.2) is 0 Å². The molecule has 0 unspecified atom stereocenters. The van der Waals surface area contributed by atoms with Crippen LogP contribution in [0.1, 0.15) is 6.42 Å². The summed E-state index contributed by atoms with van der Waals surface area (Å²) in [5.74, 6) is 0. The maximum absolute atomic E-state index is 6.46. The summed E-state index contributed by atoms with van der Waals surface area (Å²) in [7, 11) is 4.04. The van der Waals surface area contributed by atoms with Crippen LogP contribution in [-0.4, -0.2) is 67.7 Å². The molecule has 5 heteroatoms. The molecule has 0 saturated carbocycles. The first-order valence-electron chi connectivity index (χ1n) is 3.00. The van der Waals surface area contributed by atoms with Crippen LogP contribution >= 0.6 is 12.4 Å². The first kappa shape index (κ1) is 17.6. The van der Waals surface area contributed by atoms with Crippen molar-refractivity contribution in [3.05, 3.63) is 0 Å².